The van der Waals surface area contributed by atoms with E-state index in [1.165, 1.54) is 17.7 Å². The summed E-state index contributed by atoms with van der Waals surface area (Å²) >= 11 is 0. The zero-order chi connectivity index (χ0) is 22.9. The maximum absolute atomic E-state index is 13.8. The van der Waals surface area contributed by atoms with Crippen molar-refractivity contribution in [2.24, 2.45) is 0 Å². The number of anilines is 2. The Morgan fingerprint density at radius 1 is 0.970 bits per heavy atom. The second-order valence-electron chi connectivity index (χ2n) is 8.21. The number of fused-ring (bicyclic) bond motifs is 2. The van der Waals surface area contributed by atoms with Crippen molar-refractivity contribution in [3.8, 4) is 0 Å². The summed E-state index contributed by atoms with van der Waals surface area (Å²) in [5, 5.41) is 6.21. The van der Waals surface area contributed by atoms with E-state index in [2.05, 4.69) is 37.6 Å². The summed E-state index contributed by atoms with van der Waals surface area (Å²) in [5.74, 6) is -0.691. The summed E-state index contributed by atoms with van der Waals surface area (Å²) in [5.41, 5.74) is 6.44. The molecule has 0 saturated heterocycles. The monoisotopic (exact) mass is 439 g/mol. The SMILES string of the molecule is CN(C)Cc1ccc(N/C(=C2\C(=O)Nc3cc(F)ccc32)c2ccc3nccnc3c2)cc1. The molecule has 33 heavy (non-hydrogen) atoms. The number of carbonyl (C=O) groups is 1. The molecule has 4 aromatic rings. The van der Waals surface area contributed by atoms with Crippen LogP contribution in [0.1, 0.15) is 16.7 Å². The summed E-state index contributed by atoms with van der Waals surface area (Å²) in [4.78, 5) is 23.9. The third-order valence-electron chi connectivity index (χ3n) is 5.46. The molecule has 1 amide bonds. The van der Waals surface area contributed by atoms with E-state index in [1.54, 1.807) is 18.5 Å². The molecule has 7 heteroatoms. The topological polar surface area (TPSA) is 70.2 Å². The van der Waals surface area contributed by atoms with Gasteiger partial charge in [-0.2, -0.15) is 0 Å². The first-order valence-corrected chi connectivity index (χ1v) is 10.6. The van der Waals surface area contributed by atoms with Gasteiger partial charge in [-0.05, 0) is 62.1 Å². The van der Waals surface area contributed by atoms with Crippen LogP contribution >= 0.6 is 0 Å². The predicted octanol–water partition coefficient (Wildman–Crippen LogP) is 4.76. The lowest BCUT2D eigenvalue weighted by molar-refractivity contribution is -0.110. The second kappa shape index (κ2) is 8.44. The highest BCUT2D eigenvalue weighted by Crippen LogP contribution is 2.38. The largest absolute Gasteiger partial charge is 0.354 e. The van der Waals surface area contributed by atoms with Crippen molar-refractivity contribution in [2.75, 3.05) is 24.7 Å². The number of benzene rings is 3. The standard InChI is InChI=1S/C26H22FN5O/c1-32(2)15-16-3-7-19(8-4-16)30-25(17-5-10-21-23(13-17)29-12-11-28-21)24-20-9-6-18(27)14-22(20)31-26(24)33/h3-14,30H,15H2,1-2H3,(H,31,33)/b25-24-. The van der Waals surface area contributed by atoms with Gasteiger partial charge in [-0.1, -0.05) is 18.2 Å². The van der Waals surface area contributed by atoms with E-state index in [4.69, 9.17) is 0 Å². The first-order valence-electron chi connectivity index (χ1n) is 10.6. The molecule has 6 nitrogen and oxygen atoms in total. The third-order valence-corrected chi connectivity index (χ3v) is 5.46. The molecule has 0 bridgehead atoms. The minimum atomic E-state index is -0.401. The molecule has 0 radical (unpaired) electrons. The van der Waals surface area contributed by atoms with Crippen molar-refractivity contribution in [3.63, 3.8) is 0 Å². The fourth-order valence-electron chi connectivity index (χ4n) is 3.99. The van der Waals surface area contributed by atoms with E-state index in [0.717, 1.165) is 23.3 Å². The molecule has 1 aliphatic rings. The van der Waals surface area contributed by atoms with Gasteiger partial charge < -0.3 is 15.5 Å². The van der Waals surface area contributed by atoms with Gasteiger partial charge in [0.25, 0.3) is 5.91 Å². The maximum Gasteiger partial charge on any atom is 0.258 e. The molecule has 0 saturated carbocycles. The fraction of sp³-hybridized carbons (Fsp3) is 0.115. The first kappa shape index (κ1) is 20.8. The highest BCUT2D eigenvalue weighted by atomic mass is 19.1. The Morgan fingerprint density at radius 3 is 2.48 bits per heavy atom. The van der Waals surface area contributed by atoms with Gasteiger partial charge in [-0.15, -0.1) is 0 Å². The normalized spacial score (nSPS) is 14.4. The molecular weight excluding hydrogens is 417 g/mol. The summed E-state index contributed by atoms with van der Waals surface area (Å²) in [6.45, 7) is 0.832. The van der Waals surface area contributed by atoms with Crippen molar-refractivity contribution in [1.29, 1.82) is 0 Å². The smallest absolute Gasteiger partial charge is 0.258 e. The van der Waals surface area contributed by atoms with Crippen LogP contribution < -0.4 is 10.6 Å². The highest BCUT2D eigenvalue weighted by Gasteiger charge is 2.29. The maximum atomic E-state index is 13.8. The van der Waals surface area contributed by atoms with Gasteiger partial charge >= 0.3 is 0 Å². The van der Waals surface area contributed by atoms with Crippen LogP contribution in [0, 0.1) is 5.82 Å². The number of hydrogen-bond acceptors (Lipinski definition) is 5. The second-order valence-corrected chi connectivity index (χ2v) is 8.21. The third kappa shape index (κ3) is 4.18. The summed E-state index contributed by atoms with van der Waals surface area (Å²) < 4.78 is 13.8. The van der Waals surface area contributed by atoms with E-state index in [9.17, 15) is 9.18 Å². The average molecular weight is 439 g/mol. The molecule has 1 aliphatic heterocycles. The Balaban J connectivity index is 1.64. The number of halogens is 1. The van der Waals surface area contributed by atoms with Crippen LogP contribution in [0.15, 0.2) is 73.1 Å². The summed E-state index contributed by atoms with van der Waals surface area (Å²) in [7, 11) is 4.05. The van der Waals surface area contributed by atoms with Crippen LogP contribution in [0.3, 0.4) is 0 Å². The molecular formula is C26H22FN5O. The molecule has 0 unspecified atom stereocenters. The number of hydrogen-bond donors (Lipinski definition) is 2. The quantitative estimate of drug-likeness (QED) is 0.439. The zero-order valence-electron chi connectivity index (χ0n) is 18.3. The molecule has 1 aromatic heterocycles. The molecule has 3 aromatic carbocycles. The average Bonchev–Trinajstić information content (AvgIpc) is 3.12. The molecule has 5 rings (SSSR count). The summed E-state index contributed by atoms with van der Waals surface area (Å²) in [6, 6.07) is 18.1. The Morgan fingerprint density at radius 2 is 1.73 bits per heavy atom. The van der Waals surface area contributed by atoms with E-state index in [0.29, 0.717) is 28.0 Å². The number of nitrogens with zero attached hydrogens (tertiary/aromatic N) is 3. The Hall–Kier alpha value is -4.10. The van der Waals surface area contributed by atoms with Gasteiger partial charge in [0, 0.05) is 35.8 Å². The highest BCUT2D eigenvalue weighted by molar-refractivity contribution is 6.37. The fourth-order valence-corrected chi connectivity index (χ4v) is 3.99. The van der Waals surface area contributed by atoms with Gasteiger partial charge in [-0.3, -0.25) is 14.8 Å². The van der Waals surface area contributed by atoms with Crippen LogP contribution in [0.25, 0.3) is 22.3 Å². The Bertz CT molecular complexity index is 1400. The minimum Gasteiger partial charge on any atom is -0.354 e. The number of rotatable bonds is 5. The van der Waals surface area contributed by atoms with Crippen LogP contribution in [-0.2, 0) is 11.3 Å². The van der Waals surface area contributed by atoms with E-state index < -0.39 is 5.82 Å². The molecule has 2 heterocycles. The Kier molecular flexibility index (Phi) is 5.32. The van der Waals surface area contributed by atoms with Crippen LogP contribution in [0.5, 0.6) is 0 Å². The molecule has 0 aliphatic carbocycles. The predicted molar refractivity (Wildman–Crippen MR) is 129 cm³/mol. The van der Waals surface area contributed by atoms with Crippen molar-refractivity contribution >= 4 is 39.6 Å². The number of carbonyl (C=O) groups excluding carboxylic acids is 1. The van der Waals surface area contributed by atoms with Gasteiger partial charge in [0.15, 0.2) is 0 Å². The van der Waals surface area contributed by atoms with Gasteiger partial charge in [0.1, 0.15) is 5.82 Å². The molecule has 0 atom stereocenters. The van der Waals surface area contributed by atoms with Crippen LogP contribution in [0.4, 0.5) is 15.8 Å². The van der Waals surface area contributed by atoms with Gasteiger partial charge in [0.05, 0.1) is 28.0 Å². The van der Waals surface area contributed by atoms with E-state index in [-0.39, 0.29) is 5.91 Å². The summed E-state index contributed by atoms with van der Waals surface area (Å²) in [6.07, 6.45) is 3.28. The van der Waals surface area contributed by atoms with Gasteiger partial charge in [-0.25, -0.2) is 4.39 Å². The van der Waals surface area contributed by atoms with Crippen LogP contribution in [-0.4, -0.2) is 34.9 Å². The Labute approximate surface area is 190 Å². The lowest BCUT2D eigenvalue weighted by Gasteiger charge is -2.16. The van der Waals surface area contributed by atoms with E-state index in [1.807, 2.05) is 44.4 Å². The molecule has 0 fully saturated rings. The van der Waals surface area contributed by atoms with E-state index >= 15 is 0 Å². The molecule has 2 N–H and O–H groups in total. The number of nitrogens with one attached hydrogen (secondary N) is 2. The van der Waals surface area contributed by atoms with Crippen LogP contribution in [0.2, 0.25) is 0 Å². The van der Waals surface area contributed by atoms with Gasteiger partial charge in [0.2, 0.25) is 0 Å². The first-order chi connectivity index (χ1) is 16.0. The van der Waals surface area contributed by atoms with Crippen molar-refractivity contribution in [3.05, 3.63) is 95.6 Å². The molecule has 164 valence electrons. The van der Waals surface area contributed by atoms with Crippen molar-refractivity contribution in [2.45, 2.75) is 6.54 Å². The lowest BCUT2D eigenvalue weighted by Crippen LogP contribution is -2.11. The van der Waals surface area contributed by atoms with Crippen molar-refractivity contribution in [1.82, 2.24) is 14.9 Å². The lowest BCUT2D eigenvalue weighted by atomic mass is 9.99. The number of aromatic nitrogens is 2. The minimum absolute atomic E-state index is 0.290. The zero-order valence-corrected chi connectivity index (χ0v) is 18.3. The number of amides is 1. The van der Waals surface area contributed by atoms with Crippen molar-refractivity contribution < 1.29 is 9.18 Å². The molecule has 0 spiro atoms.